The van der Waals surface area contributed by atoms with Crippen molar-refractivity contribution in [3.8, 4) is 0 Å². The summed E-state index contributed by atoms with van der Waals surface area (Å²) in [6.45, 7) is 0. The van der Waals surface area contributed by atoms with E-state index in [1.165, 1.54) is 0 Å². The summed E-state index contributed by atoms with van der Waals surface area (Å²) in [5, 5.41) is 0. The highest BCUT2D eigenvalue weighted by Gasteiger charge is 2.46. The fourth-order valence-corrected chi connectivity index (χ4v) is 1.98. The topological polar surface area (TPSA) is 26.0 Å². The maximum Gasteiger partial charge on any atom is 0.122 e. The van der Waals surface area contributed by atoms with Gasteiger partial charge < -0.3 is 5.73 Å². The van der Waals surface area contributed by atoms with Gasteiger partial charge in [0.05, 0.1) is 0 Å². The number of benzene rings is 1. The summed E-state index contributed by atoms with van der Waals surface area (Å²) < 4.78 is 14.6. The predicted molar refractivity (Wildman–Crippen MR) is 58.9 cm³/mol. The Balaban J connectivity index is 2.03. The third-order valence-corrected chi connectivity index (χ3v) is 3.25. The standard InChI is InChI=1S/C11H13BrFN/c12-9-3-1-2-8(6-9)7-10(13)11(14)4-5-11/h1-3,6,10H,4-5,7,14H2. The van der Waals surface area contributed by atoms with Gasteiger partial charge in [0, 0.05) is 16.4 Å². The highest BCUT2D eigenvalue weighted by molar-refractivity contribution is 9.10. The minimum atomic E-state index is -0.906. The summed E-state index contributed by atoms with van der Waals surface area (Å²) in [6.07, 6.45) is 1.16. The molecule has 1 atom stereocenters. The van der Waals surface area contributed by atoms with Crippen LogP contribution in [0.5, 0.6) is 0 Å². The number of hydrogen-bond acceptors (Lipinski definition) is 1. The summed E-state index contributed by atoms with van der Waals surface area (Å²) in [5.74, 6) is 0. The van der Waals surface area contributed by atoms with Crippen molar-refractivity contribution in [1.29, 1.82) is 0 Å². The Morgan fingerprint density at radius 1 is 1.50 bits per heavy atom. The SMILES string of the molecule is NC1(C(F)Cc2cccc(Br)c2)CC1. The molecule has 0 aromatic heterocycles. The average molecular weight is 258 g/mol. The van der Waals surface area contributed by atoms with Crippen molar-refractivity contribution < 1.29 is 4.39 Å². The molecular weight excluding hydrogens is 245 g/mol. The normalized spacial score (nSPS) is 20.5. The average Bonchev–Trinajstić information content (AvgIpc) is 2.85. The lowest BCUT2D eigenvalue weighted by molar-refractivity contribution is 0.266. The highest BCUT2D eigenvalue weighted by atomic mass is 79.9. The molecule has 0 amide bonds. The van der Waals surface area contributed by atoms with Gasteiger partial charge in [-0.1, -0.05) is 28.1 Å². The van der Waals surface area contributed by atoms with Crippen LogP contribution in [0.4, 0.5) is 4.39 Å². The summed E-state index contributed by atoms with van der Waals surface area (Å²) in [5.41, 5.74) is 6.27. The van der Waals surface area contributed by atoms with E-state index in [0.717, 1.165) is 22.9 Å². The summed E-state index contributed by atoms with van der Waals surface area (Å²) >= 11 is 3.36. The summed E-state index contributed by atoms with van der Waals surface area (Å²) in [6, 6.07) is 7.73. The van der Waals surface area contributed by atoms with E-state index in [1.807, 2.05) is 24.3 Å². The van der Waals surface area contributed by atoms with Crippen LogP contribution in [0.15, 0.2) is 28.7 Å². The molecule has 0 aliphatic heterocycles. The van der Waals surface area contributed by atoms with Gasteiger partial charge in [0.1, 0.15) is 6.17 Å². The van der Waals surface area contributed by atoms with Gasteiger partial charge in [-0.25, -0.2) is 4.39 Å². The Kier molecular flexibility index (Phi) is 2.62. The minimum absolute atomic E-state index is 0.427. The molecule has 1 fully saturated rings. The van der Waals surface area contributed by atoms with Crippen molar-refractivity contribution >= 4 is 15.9 Å². The van der Waals surface area contributed by atoms with Crippen molar-refractivity contribution in [1.82, 2.24) is 0 Å². The molecule has 1 saturated carbocycles. The molecule has 0 heterocycles. The third kappa shape index (κ3) is 2.15. The molecule has 1 unspecified atom stereocenters. The van der Waals surface area contributed by atoms with Crippen LogP contribution in [0, 0.1) is 0 Å². The number of rotatable bonds is 3. The molecule has 1 nitrogen and oxygen atoms in total. The molecule has 0 bridgehead atoms. The second-order valence-electron chi connectivity index (χ2n) is 4.03. The third-order valence-electron chi connectivity index (χ3n) is 2.76. The molecule has 76 valence electrons. The largest absolute Gasteiger partial charge is 0.323 e. The van der Waals surface area contributed by atoms with Crippen molar-refractivity contribution in [3.63, 3.8) is 0 Å². The molecule has 2 rings (SSSR count). The van der Waals surface area contributed by atoms with Crippen molar-refractivity contribution in [2.24, 2.45) is 5.73 Å². The molecule has 14 heavy (non-hydrogen) atoms. The number of alkyl halides is 1. The van der Waals surface area contributed by atoms with E-state index in [9.17, 15) is 4.39 Å². The van der Waals surface area contributed by atoms with Gasteiger partial charge in [-0.3, -0.25) is 0 Å². The molecule has 1 aromatic rings. The smallest absolute Gasteiger partial charge is 0.122 e. The summed E-state index contributed by atoms with van der Waals surface area (Å²) in [7, 11) is 0. The lowest BCUT2D eigenvalue weighted by Crippen LogP contribution is -2.35. The molecular formula is C11H13BrFN. The Labute approximate surface area is 91.6 Å². The zero-order valence-corrected chi connectivity index (χ0v) is 9.43. The van der Waals surface area contributed by atoms with Crippen LogP contribution in [0.2, 0.25) is 0 Å². The van der Waals surface area contributed by atoms with Gasteiger partial charge in [0.15, 0.2) is 0 Å². The van der Waals surface area contributed by atoms with Gasteiger partial charge >= 0.3 is 0 Å². The van der Waals surface area contributed by atoms with E-state index in [0.29, 0.717) is 6.42 Å². The van der Waals surface area contributed by atoms with E-state index in [-0.39, 0.29) is 0 Å². The molecule has 1 aliphatic rings. The van der Waals surface area contributed by atoms with Gasteiger partial charge in [-0.05, 0) is 30.5 Å². The first-order chi connectivity index (χ1) is 6.60. The zero-order valence-electron chi connectivity index (χ0n) is 7.84. The van der Waals surface area contributed by atoms with Crippen molar-refractivity contribution in [3.05, 3.63) is 34.3 Å². The van der Waals surface area contributed by atoms with Gasteiger partial charge in [-0.15, -0.1) is 0 Å². The first kappa shape index (κ1) is 10.1. The van der Waals surface area contributed by atoms with Crippen LogP contribution in [-0.4, -0.2) is 11.7 Å². The maximum absolute atomic E-state index is 13.6. The lowest BCUT2D eigenvalue weighted by Gasteiger charge is -2.14. The number of hydrogen-bond donors (Lipinski definition) is 1. The lowest BCUT2D eigenvalue weighted by atomic mass is 10.0. The fraction of sp³-hybridized carbons (Fsp3) is 0.455. The van der Waals surface area contributed by atoms with E-state index in [1.54, 1.807) is 0 Å². The maximum atomic E-state index is 13.6. The molecule has 0 saturated heterocycles. The van der Waals surface area contributed by atoms with E-state index in [4.69, 9.17) is 5.73 Å². The Morgan fingerprint density at radius 3 is 2.79 bits per heavy atom. The molecule has 1 aliphatic carbocycles. The monoisotopic (exact) mass is 257 g/mol. The van der Waals surface area contributed by atoms with Crippen LogP contribution < -0.4 is 5.73 Å². The highest BCUT2D eigenvalue weighted by Crippen LogP contribution is 2.38. The van der Waals surface area contributed by atoms with E-state index >= 15 is 0 Å². The molecule has 0 spiro atoms. The summed E-state index contributed by atoms with van der Waals surface area (Å²) in [4.78, 5) is 0. The van der Waals surface area contributed by atoms with Crippen LogP contribution in [0.25, 0.3) is 0 Å². The Morgan fingerprint density at radius 2 is 2.21 bits per heavy atom. The Hall–Kier alpha value is -0.410. The van der Waals surface area contributed by atoms with E-state index in [2.05, 4.69) is 15.9 Å². The minimum Gasteiger partial charge on any atom is -0.323 e. The van der Waals surface area contributed by atoms with E-state index < -0.39 is 11.7 Å². The molecule has 2 N–H and O–H groups in total. The fourth-order valence-electron chi connectivity index (χ4n) is 1.53. The van der Waals surface area contributed by atoms with Crippen molar-refractivity contribution in [2.75, 3.05) is 0 Å². The number of halogens is 2. The first-order valence-corrected chi connectivity index (χ1v) is 5.57. The van der Waals surface area contributed by atoms with Crippen LogP contribution >= 0.6 is 15.9 Å². The van der Waals surface area contributed by atoms with Crippen molar-refractivity contribution in [2.45, 2.75) is 31.0 Å². The van der Waals surface area contributed by atoms with Gasteiger partial charge in [0.25, 0.3) is 0 Å². The van der Waals surface area contributed by atoms with Crippen LogP contribution in [0.1, 0.15) is 18.4 Å². The zero-order chi connectivity index (χ0) is 10.2. The number of nitrogens with two attached hydrogens (primary N) is 1. The first-order valence-electron chi connectivity index (χ1n) is 4.77. The molecule has 1 aromatic carbocycles. The second-order valence-corrected chi connectivity index (χ2v) is 4.95. The van der Waals surface area contributed by atoms with Crippen LogP contribution in [0.3, 0.4) is 0 Å². The molecule has 0 radical (unpaired) electrons. The molecule has 3 heteroatoms. The van der Waals surface area contributed by atoms with Gasteiger partial charge in [-0.2, -0.15) is 0 Å². The quantitative estimate of drug-likeness (QED) is 0.886. The second kappa shape index (κ2) is 3.63. The predicted octanol–water partition coefficient (Wildman–Crippen LogP) is 2.82. The Bertz CT molecular complexity index is 336. The van der Waals surface area contributed by atoms with Crippen LogP contribution in [-0.2, 0) is 6.42 Å². The van der Waals surface area contributed by atoms with Gasteiger partial charge in [0.2, 0.25) is 0 Å².